The number of thioether (sulfide) groups is 1. The van der Waals surface area contributed by atoms with Crippen molar-refractivity contribution in [3.8, 4) is 0 Å². The van der Waals surface area contributed by atoms with Crippen molar-refractivity contribution in [1.29, 1.82) is 0 Å². The van der Waals surface area contributed by atoms with Crippen LogP contribution in [0.3, 0.4) is 0 Å². The van der Waals surface area contributed by atoms with Gasteiger partial charge < -0.3 is 5.32 Å². The second-order valence-corrected chi connectivity index (χ2v) is 9.29. The molecular weight excluding hydrogens is 436 g/mol. The second-order valence-electron chi connectivity index (χ2n) is 8.47. The van der Waals surface area contributed by atoms with Crippen LogP contribution in [-0.2, 0) is 12.5 Å². The maximum Gasteiger partial charge on any atom is 0.292 e. The number of nitrogens with one attached hydrogen (secondary N) is 1. The summed E-state index contributed by atoms with van der Waals surface area (Å²) in [7, 11) is 0. The van der Waals surface area contributed by atoms with Gasteiger partial charge in [0.1, 0.15) is 11.4 Å². The van der Waals surface area contributed by atoms with E-state index >= 15 is 0 Å². The number of amides is 1. The summed E-state index contributed by atoms with van der Waals surface area (Å²) in [6.45, 7) is 3.63. The summed E-state index contributed by atoms with van der Waals surface area (Å²) < 4.78 is 57.9. The molecule has 0 bridgehead atoms. The van der Waals surface area contributed by atoms with Crippen molar-refractivity contribution in [2.24, 2.45) is 5.41 Å². The molecule has 2 heterocycles. The molecule has 1 fully saturated rings. The molecule has 1 aliphatic carbocycles. The van der Waals surface area contributed by atoms with Gasteiger partial charge in [-0.3, -0.25) is 14.7 Å². The highest BCUT2D eigenvalue weighted by molar-refractivity contribution is 7.98. The predicted molar refractivity (Wildman–Crippen MR) is 107 cm³/mol. The summed E-state index contributed by atoms with van der Waals surface area (Å²) >= 11 is 1.24. The van der Waals surface area contributed by atoms with E-state index < -0.39 is 35.3 Å². The zero-order valence-electron chi connectivity index (χ0n) is 17.7. The lowest BCUT2D eigenvalue weighted by Crippen LogP contribution is -2.32. The van der Waals surface area contributed by atoms with Gasteiger partial charge in [0.05, 0.1) is 5.69 Å². The summed E-state index contributed by atoms with van der Waals surface area (Å²) in [5.74, 6) is -6.81. The monoisotopic (exact) mass is 461 g/mol. The first-order chi connectivity index (χ1) is 14.2. The molecule has 170 valence electrons. The van der Waals surface area contributed by atoms with E-state index in [0.29, 0.717) is 17.6 Å². The largest absolute Gasteiger partial charge is 0.320 e. The number of hydrogen-bond donors (Lipinski definition) is 2. The zero-order chi connectivity index (χ0) is 23.2. The smallest absolute Gasteiger partial charge is 0.292 e. The van der Waals surface area contributed by atoms with Crippen molar-refractivity contribution < 1.29 is 32.3 Å². The SMILES string of the molecule is CSc1cc(NC(=O)c2c(C)c(C(C)(F)F)nn2CC2(C)CCC(F)(F)C2)cc[n+]1O. The van der Waals surface area contributed by atoms with Crippen molar-refractivity contribution in [3.63, 3.8) is 0 Å². The summed E-state index contributed by atoms with van der Waals surface area (Å²) in [6.07, 6.45) is 2.58. The number of rotatable bonds is 6. The van der Waals surface area contributed by atoms with Crippen molar-refractivity contribution in [2.45, 2.75) is 63.4 Å². The molecule has 0 spiro atoms. The molecule has 0 saturated heterocycles. The van der Waals surface area contributed by atoms with Gasteiger partial charge in [-0.25, -0.2) is 8.78 Å². The Morgan fingerprint density at radius 1 is 1.42 bits per heavy atom. The standard InChI is InChI=1S/C20H24F4N4O2S/c1-12-15(17(29)25-13-5-8-28(30)14(9-13)31-4)27(26-16(12)19(3,21)22)11-18(2)6-7-20(23,24)10-18/h5,8-9,30H,6-7,10-11H2,1-4H3/p+1. The first kappa shape index (κ1) is 23.4. The highest BCUT2D eigenvalue weighted by Crippen LogP contribution is 2.48. The molecule has 6 nitrogen and oxygen atoms in total. The maximum absolute atomic E-state index is 14.1. The normalized spacial score (nSPS) is 20.8. The lowest BCUT2D eigenvalue weighted by Gasteiger charge is -2.24. The molecule has 2 aromatic rings. The van der Waals surface area contributed by atoms with E-state index in [1.54, 1.807) is 13.2 Å². The number of nitrogens with zero attached hydrogens (tertiary/aromatic N) is 3. The van der Waals surface area contributed by atoms with E-state index in [-0.39, 0.29) is 30.6 Å². The molecule has 2 N–H and O–H groups in total. The molecule has 1 atom stereocenters. The maximum atomic E-state index is 14.1. The molecule has 0 aliphatic heterocycles. The number of aromatic nitrogens is 3. The molecule has 0 aromatic carbocycles. The van der Waals surface area contributed by atoms with E-state index in [0.717, 1.165) is 9.41 Å². The quantitative estimate of drug-likeness (QED) is 0.285. The molecule has 2 aromatic heterocycles. The highest BCUT2D eigenvalue weighted by atomic mass is 32.2. The third-order valence-corrected chi connectivity index (χ3v) is 6.22. The number of carbonyl (C=O) groups is 1. The van der Waals surface area contributed by atoms with E-state index in [9.17, 15) is 27.6 Å². The third kappa shape index (κ3) is 4.97. The summed E-state index contributed by atoms with van der Waals surface area (Å²) in [4.78, 5) is 13.0. The van der Waals surface area contributed by atoms with Crippen LogP contribution in [0.2, 0.25) is 0 Å². The van der Waals surface area contributed by atoms with E-state index in [4.69, 9.17) is 0 Å². The second kappa shape index (κ2) is 7.99. The van der Waals surface area contributed by atoms with Gasteiger partial charge in [0.15, 0.2) is 0 Å². The average Bonchev–Trinajstić information content (AvgIpc) is 3.11. The molecule has 11 heteroatoms. The van der Waals surface area contributed by atoms with Crippen LogP contribution in [0.15, 0.2) is 23.4 Å². The van der Waals surface area contributed by atoms with Crippen LogP contribution >= 0.6 is 11.8 Å². The molecule has 31 heavy (non-hydrogen) atoms. The van der Waals surface area contributed by atoms with Crippen LogP contribution in [0.1, 0.15) is 54.9 Å². The predicted octanol–water partition coefficient (Wildman–Crippen LogP) is 4.63. The van der Waals surface area contributed by atoms with Crippen molar-refractivity contribution in [2.75, 3.05) is 11.6 Å². The number of carbonyl (C=O) groups excluding carboxylic acids is 1. The number of anilines is 1. The molecule has 1 amide bonds. The summed E-state index contributed by atoms with van der Waals surface area (Å²) in [6, 6.07) is 2.97. The van der Waals surface area contributed by atoms with Gasteiger partial charge in [0.2, 0.25) is 12.1 Å². The molecule has 0 radical (unpaired) electrons. The molecule has 3 rings (SSSR count). The van der Waals surface area contributed by atoms with Gasteiger partial charge in [0, 0.05) is 48.7 Å². The van der Waals surface area contributed by atoms with Gasteiger partial charge in [-0.15, -0.1) is 0 Å². The van der Waals surface area contributed by atoms with Crippen LogP contribution in [0.4, 0.5) is 23.2 Å². The summed E-state index contributed by atoms with van der Waals surface area (Å²) in [5, 5.41) is 16.8. The topological polar surface area (TPSA) is 71.0 Å². The fourth-order valence-electron chi connectivity index (χ4n) is 4.04. The Hall–Kier alpha value is -2.30. The fourth-order valence-corrected chi connectivity index (χ4v) is 4.54. The minimum Gasteiger partial charge on any atom is -0.320 e. The first-order valence-electron chi connectivity index (χ1n) is 9.68. The van der Waals surface area contributed by atoms with E-state index in [1.165, 1.54) is 37.0 Å². The Kier molecular flexibility index (Phi) is 6.03. The van der Waals surface area contributed by atoms with Gasteiger partial charge in [-0.1, -0.05) is 18.7 Å². The molecule has 1 unspecified atom stereocenters. The van der Waals surface area contributed by atoms with Gasteiger partial charge in [0.25, 0.3) is 16.9 Å². The number of hydrogen-bond acceptors (Lipinski definition) is 4. The summed E-state index contributed by atoms with van der Waals surface area (Å²) in [5.41, 5.74) is -1.19. The van der Waals surface area contributed by atoms with E-state index in [1.807, 2.05) is 0 Å². The fraction of sp³-hybridized carbons (Fsp3) is 0.550. The van der Waals surface area contributed by atoms with Crippen LogP contribution in [0, 0.1) is 12.3 Å². The first-order valence-corrected chi connectivity index (χ1v) is 10.9. The Labute approximate surface area is 181 Å². The van der Waals surface area contributed by atoms with Crippen molar-refractivity contribution in [3.05, 3.63) is 35.3 Å². The Bertz CT molecular complexity index is 1010. The lowest BCUT2D eigenvalue weighted by molar-refractivity contribution is -0.932. The molecule has 1 saturated carbocycles. The van der Waals surface area contributed by atoms with Crippen molar-refractivity contribution in [1.82, 2.24) is 9.78 Å². The highest BCUT2D eigenvalue weighted by Gasteiger charge is 2.47. The van der Waals surface area contributed by atoms with Crippen molar-refractivity contribution >= 4 is 23.4 Å². The number of alkyl halides is 4. The molecule has 1 aliphatic rings. The number of halogens is 4. The van der Waals surface area contributed by atoms with Crippen LogP contribution < -0.4 is 10.0 Å². The third-order valence-electron chi connectivity index (χ3n) is 5.50. The van der Waals surface area contributed by atoms with Gasteiger partial charge >= 0.3 is 0 Å². The zero-order valence-corrected chi connectivity index (χ0v) is 18.5. The van der Waals surface area contributed by atoms with Gasteiger partial charge in [-0.2, -0.15) is 13.9 Å². The Morgan fingerprint density at radius 2 is 2.10 bits per heavy atom. The van der Waals surface area contributed by atoms with Crippen LogP contribution in [0.25, 0.3) is 0 Å². The Balaban J connectivity index is 1.98. The van der Waals surface area contributed by atoms with Crippen LogP contribution in [0.5, 0.6) is 0 Å². The lowest BCUT2D eigenvalue weighted by atomic mass is 9.88. The molecular formula is C20H25F4N4O2S+. The minimum atomic E-state index is -3.30. The minimum absolute atomic E-state index is 0.00315. The van der Waals surface area contributed by atoms with Gasteiger partial charge in [-0.05, 0) is 25.0 Å². The van der Waals surface area contributed by atoms with E-state index in [2.05, 4.69) is 10.4 Å². The number of pyridine rings is 1. The van der Waals surface area contributed by atoms with Crippen LogP contribution in [-0.4, -0.2) is 33.1 Å². The average molecular weight is 462 g/mol. The Morgan fingerprint density at radius 3 is 2.65 bits per heavy atom.